The van der Waals surface area contributed by atoms with Gasteiger partial charge in [0.05, 0.1) is 25.8 Å². The minimum absolute atomic E-state index is 0.0556. The summed E-state index contributed by atoms with van der Waals surface area (Å²) in [5, 5.41) is 0.890. The zero-order valence-corrected chi connectivity index (χ0v) is 17.4. The molecule has 2 heterocycles. The Labute approximate surface area is 165 Å². The number of aromatic nitrogens is 2. The van der Waals surface area contributed by atoms with Gasteiger partial charge in [0, 0.05) is 31.6 Å². The Hall–Kier alpha value is -2.77. The Bertz CT molecular complexity index is 865. The smallest absolute Gasteiger partial charge is 0.410 e. The molecule has 0 aliphatic carbocycles. The second-order valence-electron chi connectivity index (χ2n) is 7.90. The van der Waals surface area contributed by atoms with Gasteiger partial charge in [-0.25, -0.2) is 14.8 Å². The molecule has 0 saturated carbocycles. The molecule has 8 nitrogen and oxygen atoms in total. The number of benzene rings is 1. The van der Waals surface area contributed by atoms with Gasteiger partial charge in [0.2, 0.25) is 0 Å². The highest BCUT2D eigenvalue weighted by Gasteiger charge is 2.32. The van der Waals surface area contributed by atoms with E-state index in [1.807, 2.05) is 32.9 Å². The molecule has 0 bridgehead atoms. The molecular weight excluding hydrogens is 360 g/mol. The maximum atomic E-state index is 12.4. The molecule has 1 aliphatic rings. The maximum Gasteiger partial charge on any atom is 0.410 e. The summed E-state index contributed by atoms with van der Waals surface area (Å²) in [6, 6.07) is 3.80. The Morgan fingerprint density at radius 1 is 1.18 bits per heavy atom. The number of methoxy groups -OCH3 is 2. The molecule has 0 N–H and O–H groups in total. The van der Waals surface area contributed by atoms with Gasteiger partial charge in [-0.3, -0.25) is 0 Å². The number of carbonyl (C=O) groups excluding carboxylic acids is 1. The van der Waals surface area contributed by atoms with Crippen LogP contribution >= 0.6 is 0 Å². The molecule has 1 fully saturated rings. The standard InChI is InChI=1S/C20H28N4O4/c1-20(2,3)28-19(25)23(4)13-7-8-24(11-13)18-14-9-16(26-5)17(27-6)10-15(14)21-12-22-18/h9-10,12-13H,7-8,11H2,1-6H3/t13-/m1/s1. The van der Waals surface area contributed by atoms with Crippen LogP contribution in [0, 0.1) is 0 Å². The van der Waals surface area contributed by atoms with Gasteiger partial charge in [0.25, 0.3) is 0 Å². The van der Waals surface area contributed by atoms with E-state index in [1.54, 1.807) is 32.5 Å². The Morgan fingerprint density at radius 2 is 1.86 bits per heavy atom. The van der Waals surface area contributed by atoms with Crippen LogP contribution in [0.5, 0.6) is 11.5 Å². The molecule has 152 valence electrons. The molecule has 0 radical (unpaired) electrons. The van der Waals surface area contributed by atoms with E-state index in [0.717, 1.165) is 29.7 Å². The minimum atomic E-state index is -0.512. The number of likely N-dealkylation sites (N-methyl/N-ethyl adjacent to an activating group) is 1. The first-order valence-electron chi connectivity index (χ1n) is 9.31. The number of amides is 1. The number of anilines is 1. The summed E-state index contributed by atoms with van der Waals surface area (Å²) in [5.41, 5.74) is 0.272. The van der Waals surface area contributed by atoms with Crippen molar-refractivity contribution in [3.63, 3.8) is 0 Å². The first kappa shape index (κ1) is 20.0. The molecule has 1 aliphatic heterocycles. The molecule has 3 rings (SSSR count). The van der Waals surface area contributed by atoms with Gasteiger partial charge in [0.15, 0.2) is 11.5 Å². The van der Waals surface area contributed by atoms with Crippen molar-refractivity contribution in [1.82, 2.24) is 14.9 Å². The van der Waals surface area contributed by atoms with Crippen LogP contribution in [0.4, 0.5) is 10.6 Å². The molecule has 0 spiro atoms. The summed E-state index contributed by atoms with van der Waals surface area (Å²) < 4.78 is 16.3. The molecule has 1 aromatic heterocycles. The average molecular weight is 388 g/mol. The Morgan fingerprint density at radius 3 is 2.50 bits per heavy atom. The normalized spacial score (nSPS) is 16.9. The fourth-order valence-corrected chi connectivity index (χ4v) is 3.35. The molecule has 1 amide bonds. The highest BCUT2D eigenvalue weighted by Crippen LogP contribution is 2.35. The van der Waals surface area contributed by atoms with E-state index in [-0.39, 0.29) is 12.1 Å². The lowest BCUT2D eigenvalue weighted by Gasteiger charge is -2.28. The summed E-state index contributed by atoms with van der Waals surface area (Å²) in [5.74, 6) is 2.09. The largest absolute Gasteiger partial charge is 0.493 e. The van der Waals surface area contributed by atoms with Gasteiger partial charge in [-0.1, -0.05) is 0 Å². The van der Waals surface area contributed by atoms with Crippen molar-refractivity contribution in [3.8, 4) is 11.5 Å². The fraction of sp³-hybridized carbons (Fsp3) is 0.550. The van der Waals surface area contributed by atoms with Crippen molar-refractivity contribution >= 4 is 22.8 Å². The van der Waals surface area contributed by atoms with Crippen LogP contribution in [0.25, 0.3) is 10.9 Å². The van der Waals surface area contributed by atoms with E-state index >= 15 is 0 Å². The molecule has 1 atom stereocenters. The predicted molar refractivity (Wildman–Crippen MR) is 107 cm³/mol. The van der Waals surface area contributed by atoms with Crippen molar-refractivity contribution in [1.29, 1.82) is 0 Å². The van der Waals surface area contributed by atoms with Crippen LogP contribution in [0.3, 0.4) is 0 Å². The van der Waals surface area contributed by atoms with Crippen LogP contribution in [-0.2, 0) is 4.74 Å². The number of hydrogen-bond donors (Lipinski definition) is 0. The Balaban J connectivity index is 1.83. The number of hydrogen-bond acceptors (Lipinski definition) is 7. The van der Waals surface area contributed by atoms with E-state index in [1.165, 1.54) is 0 Å². The SMILES string of the molecule is COc1cc2ncnc(N3CC[C@@H](N(C)C(=O)OC(C)(C)C)C3)c2cc1OC. The van der Waals surface area contributed by atoms with Crippen molar-refractivity contribution < 1.29 is 19.0 Å². The first-order chi connectivity index (χ1) is 13.2. The quantitative estimate of drug-likeness (QED) is 0.796. The second kappa shape index (κ2) is 7.69. The van der Waals surface area contributed by atoms with E-state index in [2.05, 4.69) is 14.9 Å². The van der Waals surface area contributed by atoms with E-state index in [9.17, 15) is 4.79 Å². The number of carbonyl (C=O) groups is 1. The lowest BCUT2D eigenvalue weighted by Crippen LogP contribution is -2.42. The highest BCUT2D eigenvalue weighted by atomic mass is 16.6. The molecule has 1 aromatic carbocycles. The first-order valence-corrected chi connectivity index (χ1v) is 9.31. The van der Waals surface area contributed by atoms with Gasteiger partial charge in [-0.15, -0.1) is 0 Å². The van der Waals surface area contributed by atoms with Crippen LogP contribution in [0.1, 0.15) is 27.2 Å². The summed E-state index contributed by atoms with van der Waals surface area (Å²) >= 11 is 0. The molecule has 28 heavy (non-hydrogen) atoms. The lowest BCUT2D eigenvalue weighted by atomic mass is 10.2. The van der Waals surface area contributed by atoms with E-state index in [4.69, 9.17) is 14.2 Å². The van der Waals surface area contributed by atoms with E-state index < -0.39 is 5.60 Å². The summed E-state index contributed by atoms with van der Waals surface area (Å²) in [6.07, 6.45) is 2.08. The fourth-order valence-electron chi connectivity index (χ4n) is 3.35. The highest BCUT2D eigenvalue weighted by molar-refractivity contribution is 5.92. The molecule has 2 aromatic rings. The second-order valence-corrected chi connectivity index (χ2v) is 7.90. The van der Waals surface area contributed by atoms with E-state index in [0.29, 0.717) is 18.0 Å². The van der Waals surface area contributed by atoms with Gasteiger partial charge < -0.3 is 24.0 Å². The third-order valence-electron chi connectivity index (χ3n) is 4.81. The van der Waals surface area contributed by atoms with Crippen LogP contribution in [0.15, 0.2) is 18.5 Å². The third kappa shape index (κ3) is 4.05. The number of fused-ring (bicyclic) bond motifs is 1. The summed E-state index contributed by atoms with van der Waals surface area (Å²) in [4.78, 5) is 25.1. The van der Waals surface area contributed by atoms with Gasteiger partial charge >= 0.3 is 6.09 Å². The van der Waals surface area contributed by atoms with Gasteiger partial charge in [-0.05, 0) is 33.3 Å². The number of rotatable bonds is 4. The van der Waals surface area contributed by atoms with Crippen LogP contribution in [-0.4, -0.2) is 67.0 Å². The van der Waals surface area contributed by atoms with Gasteiger partial charge in [0.1, 0.15) is 17.7 Å². The number of ether oxygens (including phenoxy) is 3. The molecule has 0 unspecified atom stereocenters. The van der Waals surface area contributed by atoms with Crippen molar-refractivity contribution in [2.75, 3.05) is 39.3 Å². The zero-order chi connectivity index (χ0) is 20.5. The predicted octanol–water partition coefficient (Wildman–Crippen LogP) is 3.09. The average Bonchev–Trinajstić information content (AvgIpc) is 3.14. The van der Waals surface area contributed by atoms with Crippen molar-refractivity contribution in [2.45, 2.75) is 38.8 Å². The molecular formula is C20H28N4O4. The van der Waals surface area contributed by atoms with Crippen molar-refractivity contribution in [2.24, 2.45) is 0 Å². The number of nitrogens with zero attached hydrogens (tertiary/aromatic N) is 4. The topological polar surface area (TPSA) is 77.0 Å². The van der Waals surface area contributed by atoms with Gasteiger partial charge in [-0.2, -0.15) is 0 Å². The van der Waals surface area contributed by atoms with Crippen LogP contribution in [0.2, 0.25) is 0 Å². The maximum absolute atomic E-state index is 12.4. The van der Waals surface area contributed by atoms with Crippen molar-refractivity contribution in [3.05, 3.63) is 18.5 Å². The molecule has 8 heteroatoms. The summed E-state index contributed by atoms with van der Waals surface area (Å²) in [6.45, 7) is 7.07. The Kier molecular flexibility index (Phi) is 5.49. The zero-order valence-electron chi connectivity index (χ0n) is 17.4. The minimum Gasteiger partial charge on any atom is -0.493 e. The lowest BCUT2D eigenvalue weighted by molar-refractivity contribution is 0.0238. The molecule has 1 saturated heterocycles. The monoisotopic (exact) mass is 388 g/mol. The van der Waals surface area contributed by atoms with Crippen LogP contribution < -0.4 is 14.4 Å². The third-order valence-corrected chi connectivity index (χ3v) is 4.81. The summed E-state index contributed by atoms with van der Waals surface area (Å²) in [7, 11) is 4.99.